The van der Waals surface area contributed by atoms with Crippen LogP contribution in [0.1, 0.15) is 17.5 Å². The number of nitro groups is 1. The Morgan fingerprint density at radius 2 is 2.00 bits per heavy atom. The Kier molecular flexibility index (Phi) is 4.43. The summed E-state index contributed by atoms with van der Waals surface area (Å²) in [5.74, 6) is 0. The van der Waals surface area contributed by atoms with E-state index in [1.807, 2.05) is 0 Å². The van der Waals surface area contributed by atoms with Gasteiger partial charge in [-0.25, -0.2) is 0 Å². The Morgan fingerprint density at radius 1 is 1.33 bits per heavy atom. The molecule has 4 nitrogen and oxygen atoms in total. The van der Waals surface area contributed by atoms with Gasteiger partial charge in [-0.2, -0.15) is 13.2 Å². The molecule has 0 amide bonds. The molecule has 0 aliphatic carbocycles. The highest BCUT2D eigenvalue weighted by Crippen LogP contribution is 2.32. The average molecular weight is 261 g/mol. The summed E-state index contributed by atoms with van der Waals surface area (Å²) in [6, 6.07) is 2.35. The summed E-state index contributed by atoms with van der Waals surface area (Å²) in [4.78, 5) is 9.66. The van der Waals surface area contributed by atoms with Gasteiger partial charge in [0, 0.05) is 18.7 Å². The van der Waals surface area contributed by atoms with E-state index in [2.05, 4.69) is 0 Å². The number of aliphatic hydroxyl groups is 1. The van der Waals surface area contributed by atoms with Gasteiger partial charge in [0.1, 0.15) is 0 Å². The van der Waals surface area contributed by atoms with Gasteiger partial charge < -0.3 is 5.11 Å². The van der Waals surface area contributed by atoms with Crippen LogP contribution in [0, 0.1) is 10.1 Å². The third-order valence-corrected chi connectivity index (χ3v) is 2.08. The number of aliphatic hydroxyl groups excluding tert-OH is 1. The second kappa shape index (κ2) is 5.63. The van der Waals surface area contributed by atoms with Crippen LogP contribution < -0.4 is 0 Å². The van der Waals surface area contributed by atoms with Crippen molar-refractivity contribution in [1.82, 2.24) is 0 Å². The average Bonchev–Trinajstić information content (AvgIpc) is 2.28. The van der Waals surface area contributed by atoms with Crippen molar-refractivity contribution in [3.8, 4) is 0 Å². The molecule has 7 heteroatoms. The lowest BCUT2D eigenvalue weighted by Gasteiger charge is -2.07. The predicted octanol–water partition coefficient (Wildman–Crippen LogP) is 3.01. The number of nitrogens with zero attached hydrogens (tertiary/aromatic N) is 1. The molecule has 0 saturated carbocycles. The zero-order valence-electron chi connectivity index (χ0n) is 9.15. The van der Waals surface area contributed by atoms with E-state index < -0.39 is 22.4 Å². The normalized spacial score (nSPS) is 12.0. The van der Waals surface area contributed by atoms with Gasteiger partial charge in [0.15, 0.2) is 0 Å². The van der Waals surface area contributed by atoms with E-state index in [1.165, 1.54) is 12.2 Å². The lowest BCUT2D eigenvalue weighted by atomic mass is 10.1. The minimum atomic E-state index is -4.63. The molecule has 0 unspecified atom stereocenters. The van der Waals surface area contributed by atoms with Gasteiger partial charge in [0.05, 0.1) is 10.5 Å². The Morgan fingerprint density at radius 3 is 2.50 bits per heavy atom. The van der Waals surface area contributed by atoms with Crippen molar-refractivity contribution in [2.75, 3.05) is 6.61 Å². The molecule has 18 heavy (non-hydrogen) atoms. The first kappa shape index (κ1) is 14.2. The molecule has 98 valence electrons. The number of rotatable bonds is 4. The zero-order valence-corrected chi connectivity index (χ0v) is 9.15. The molecule has 1 rings (SSSR count). The maximum absolute atomic E-state index is 12.5. The van der Waals surface area contributed by atoms with Crippen LogP contribution in [0.2, 0.25) is 0 Å². The largest absolute Gasteiger partial charge is 0.416 e. The van der Waals surface area contributed by atoms with Crippen LogP contribution in [-0.4, -0.2) is 16.6 Å². The van der Waals surface area contributed by atoms with Crippen LogP contribution in [0.5, 0.6) is 0 Å². The van der Waals surface area contributed by atoms with Crippen LogP contribution in [0.25, 0.3) is 6.08 Å². The highest BCUT2D eigenvalue weighted by molar-refractivity contribution is 5.55. The lowest BCUT2D eigenvalue weighted by Crippen LogP contribution is -2.06. The summed E-state index contributed by atoms with van der Waals surface area (Å²) < 4.78 is 37.5. The minimum absolute atomic E-state index is 0.0741. The number of alkyl halides is 3. The Balaban J connectivity index is 3.18. The van der Waals surface area contributed by atoms with Crippen molar-refractivity contribution in [3.05, 3.63) is 45.5 Å². The second-order valence-corrected chi connectivity index (χ2v) is 3.48. The fourth-order valence-corrected chi connectivity index (χ4v) is 1.29. The van der Waals surface area contributed by atoms with Crippen LogP contribution in [0.4, 0.5) is 18.9 Å². The van der Waals surface area contributed by atoms with Gasteiger partial charge in [0.25, 0.3) is 5.69 Å². The number of nitro benzene ring substituents is 1. The molecule has 0 radical (unpaired) electrons. The summed E-state index contributed by atoms with van der Waals surface area (Å²) in [5.41, 5.74) is -1.61. The molecule has 0 saturated heterocycles. The maximum atomic E-state index is 12.5. The van der Waals surface area contributed by atoms with Gasteiger partial charge in [0.2, 0.25) is 0 Å². The van der Waals surface area contributed by atoms with Crippen LogP contribution in [0.15, 0.2) is 24.3 Å². The molecule has 0 aromatic heterocycles. The SMILES string of the molecule is O=[N+]([O-])c1cc(C=CCCO)cc(C(F)(F)F)c1. The van der Waals surface area contributed by atoms with Crippen molar-refractivity contribution >= 4 is 11.8 Å². The fourth-order valence-electron chi connectivity index (χ4n) is 1.29. The first-order valence-electron chi connectivity index (χ1n) is 4.98. The van der Waals surface area contributed by atoms with Gasteiger partial charge in [-0.1, -0.05) is 12.2 Å². The van der Waals surface area contributed by atoms with E-state index in [1.54, 1.807) is 0 Å². The maximum Gasteiger partial charge on any atom is 0.416 e. The molecule has 0 spiro atoms. The molecule has 0 heterocycles. The fraction of sp³-hybridized carbons (Fsp3) is 0.273. The number of hydrogen-bond donors (Lipinski definition) is 1. The Bertz CT molecular complexity index is 469. The highest BCUT2D eigenvalue weighted by Gasteiger charge is 2.32. The topological polar surface area (TPSA) is 63.4 Å². The zero-order chi connectivity index (χ0) is 13.8. The molecule has 0 fully saturated rings. The van der Waals surface area contributed by atoms with Gasteiger partial charge in [-0.3, -0.25) is 10.1 Å². The molecule has 0 bridgehead atoms. The number of halogens is 3. The van der Waals surface area contributed by atoms with Crippen molar-refractivity contribution in [3.63, 3.8) is 0 Å². The Hall–Kier alpha value is -1.89. The van der Waals surface area contributed by atoms with E-state index in [4.69, 9.17) is 5.11 Å². The molecule has 1 N–H and O–H groups in total. The number of non-ortho nitro benzene ring substituents is 1. The van der Waals surface area contributed by atoms with Gasteiger partial charge >= 0.3 is 6.18 Å². The van der Waals surface area contributed by atoms with E-state index in [-0.39, 0.29) is 18.6 Å². The molecule has 0 aliphatic rings. The van der Waals surface area contributed by atoms with Crippen molar-refractivity contribution in [1.29, 1.82) is 0 Å². The van der Waals surface area contributed by atoms with E-state index >= 15 is 0 Å². The molecule has 1 aromatic rings. The quantitative estimate of drug-likeness (QED) is 0.669. The third kappa shape index (κ3) is 3.85. The van der Waals surface area contributed by atoms with Gasteiger partial charge in [-0.05, 0) is 18.1 Å². The molecule has 1 aromatic carbocycles. The summed E-state index contributed by atoms with van der Waals surface area (Å²) in [6.45, 7) is -0.141. The first-order valence-corrected chi connectivity index (χ1v) is 4.98. The molecular formula is C11H10F3NO3. The van der Waals surface area contributed by atoms with Crippen LogP contribution in [0.3, 0.4) is 0 Å². The lowest BCUT2D eigenvalue weighted by molar-refractivity contribution is -0.385. The molecule has 0 aliphatic heterocycles. The van der Waals surface area contributed by atoms with Crippen LogP contribution >= 0.6 is 0 Å². The molecular weight excluding hydrogens is 251 g/mol. The van der Waals surface area contributed by atoms with Gasteiger partial charge in [-0.15, -0.1) is 0 Å². The number of benzene rings is 1. The number of hydrogen-bond acceptors (Lipinski definition) is 3. The van der Waals surface area contributed by atoms with Crippen molar-refractivity contribution < 1.29 is 23.2 Å². The second-order valence-electron chi connectivity index (χ2n) is 3.48. The van der Waals surface area contributed by atoms with Crippen molar-refractivity contribution in [2.24, 2.45) is 0 Å². The van der Waals surface area contributed by atoms with Crippen molar-refractivity contribution in [2.45, 2.75) is 12.6 Å². The summed E-state index contributed by atoms with van der Waals surface area (Å²) in [5, 5.41) is 19.1. The third-order valence-electron chi connectivity index (χ3n) is 2.08. The summed E-state index contributed by atoms with van der Waals surface area (Å²) >= 11 is 0. The molecule has 0 atom stereocenters. The standard InChI is InChI=1S/C11H10F3NO3/c12-11(13,14)9-5-8(3-1-2-4-16)6-10(7-9)15(17)18/h1,3,5-7,16H,2,4H2. The highest BCUT2D eigenvalue weighted by atomic mass is 19.4. The minimum Gasteiger partial charge on any atom is -0.396 e. The van der Waals surface area contributed by atoms with E-state index in [0.717, 1.165) is 12.1 Å². The summed E-state index contributed by atoms with van der Waals surface area (Å²) in [7, 11) is 0. The smallest absolute Gasteiger partial charge is 0.396 e. The monoisotopic (exact) mass is 261 g/mol. The van der Waals surface area contributed by atoms with E-state index in [0.29, 0.717) is 6.07 Å². The van der Waals surface area contributed by atoms with E-state index in [9.17, 15) is 23.3 Å². The van der Waals surface area contributed by atoms with Crippen LogP contribution in [-0.2, 0) is 6.18 Å². The Labute approximate surface area is 101 Å². The predicted molar refractivity (Wildman–Crippen MR) is 58.8 cm³/mol. The summed E-state index contributed by atoms with van der Waals surface area (Å²) in [6.07, 6.45) is -1.62. The first-order chi connectivity index (χ1) is 8.34.